The molecule has 128 valence electrons. The van der Waals surface area contributed by atoms with Crippen molar-refractivity contribution in [1.29, 1.82) is 0 Å². The molecule has 23 heavy (non-hydrogen) atoms. The van der Waals surface area contributed by atoms with Crippen LogP contribution in [0.25, 0.3) is 0 Å². The van der Waals surface area contributed by atoms with Crippen molar-refractivity contribution < 1.29 is 14.3 Å². The standard InChI is InChI=1S/C17H27N3O3/c1-11(2)13-10-14(20(4)19-13)15(21)18-17(3)9-7-6-8-12(17)16(22)23-5/h10-12H,6-9H2,1-5H3,(H,18,21)/t12-,17+/m0/s1. The predicted molar refractivity (Wildman–Crippen MR) is 87.1 cm³/mol. The van der Waals surface area contributed by atoms with Gasteiger partial charge in [-0.05, 0) is 31.7 Å². The molecular formula is C17H27N3O3. The molecule has 6 nitrogen and oxygen atoms in total. The van der Waals surface area contributed by atoms with Gasteiger partial charge in [0, 0.05) is 7.05 Å². The van der Waals surface area contributed by atoms with Gasteiger partial charge in [-0.15, -0.1) is 0 Å². The third-order valence-electron chi connectivity index (χ3n) is 4.82. The Balaban J connectivity index is 2.21. The van der Waals surface area contributed by atoms with E-state index in [-0.39, 0.29) is 23.7 Å². The van der Waals surface area contributed by atoms with Gasteiger partial charge in [-0.3, -0.25) is 14.3 Å². The van der Waals surface area contributed by atoms with Crippen LogP contribution in [0.1, 0.15) is 68.6 Å². The highest BCUT2D eigenvalue weighted by Crippen LogP contribution is 2.34. The average molecular weight is 321 g/mol. The molecule has 1 aliphatic rings. The van der Waals surface area contributed by atoms with Crippen molar-refractivity contribution in [2.75, 3.05) is 7.11 Å². The van der Waals surface area contributed by atoms with Gasteiger partial charge in [0.25, 0.3) is 5.91 Å². The lowest BCUT2D eigenvalue weighted by atomic mass is 9.73. The van der Waals surface area contributed by atoms with Gasteiger partial charge in [-0.1, -0.05) is 26.7 Å². The topological polar surface area (TPSA) is 73.2 Å². The van der Waals surface area contributed by atoms with Gasteiger partial charge in [0.15, 0.2) is 0 Å². The third kappa shape index (κ3) is 3.57. The van der Waals surface area contributed by atoms with E-state index in [1.807, 2.05) is 26.8 Å². The molecule has 0 aliphatic heterocycles. The Bertz CT molecular complexity index is 594. The fourth-order valence-electron chi connectivity index (χ4n) is 3.31. The van der Waals surface area contributed by atoms with E-state index < -0.39 is 5.54 Å². The fraction of sp³-hybridized carbons (Fsp3) is 0.706. The molecule has 6 heteroatoms. The van der Waals surface area contributed by atoms with E-state index in [1.54, 1.807) is 11.7 Å². The van der Waals surface area contributed by atoms with Gasteiger partial charge in [-0.2, -0.15) is 5.10 Å². The molecule has 0 saturated heterocycles. The highest BCUT2D eigenvalue weighted by atomic mass is 16.5. The zero-order valence-electron chi connectivity index (χ0n) is 14.7. The van der Waals surface area contributed by atoms with Crippen molar-refractivity contribution in [2.24, 2.45) is 13.0 Å². The number of methoxy groups -OCH3 is 1. The highest BCUT2D eigenvalue weighted by molar-refractivity contribution is 5.93. The molecule has 0 unspecified atom stereocenters. The lowest BCUT2D eigenvalue weighted by Crippen LogP contribution is -2.55. The van der Waals surface area contributed by atoms with E-state index >= 15 is 0 Å². The molecule has 1 aromatic heterocycles. The molecule has 0 aromatic carbocycles. The fourth-order valence-corrected chi connectivity index (χ4v) is 3.31. The lowest BCUT2D eigenvalue weighted by molar-refractivity contribution is -0.149. The number of esters is 1. The maximum absolute atomic E-state index is 12.7. The summed E-state index contributed by atoms with van der Waals surface area (Å²) < 4.78 is 6.53. The van der Waals surface area contributed by atoms with Crippen molar-refractivity contribution >= 4 is 11.9 Å². The highest BCUT2D eigenvalue weighted by Gasteiger charge is 2.43. The first-order chi connectivity index (χ1) is 10.8. The molecule has 0 spiro atoms. The van der Waals surface area contributed by atoms with Crippen LogP contribution in [0.15, 0.2) is 6.07 Å². The summed E-state index contributed by atoms with van der Waals surface area (Å²) >= 11 is 0. The normalized spacial score (nSPS) is 24.5. The Hall–Kier alpha value is -1.85. The van der Waals surface area contributed by atoms with Gasteiger partial charge < -0.3 is 10.1 Å². The summed E-state index contributed by atoms with van der Waals surface area (Å²) in [5, 5.41) is 7.45. The molecule has 2 atom stereocenters. The summed E-state index contributed by atoms with van der Waals surface area (Å²) in [5.74, 6) is -0.482. The molecule has 0 radical (unpaired) electrons. The van der Waals surface area contributed by atoms with Crippen molar-refractivity contribution in [3.8, 4) is 0 Å². The van der Waals surface area contributed by atoms with Gasteiger partial charge in [-0.25, -0.2) is 0 Å². The minimum absolute atomic E-state index is 0.190. The van der Waals surface area contributed by atoms with E-state index in [0.717, 1.165) is 31.4 Å². The first kappa shape index (κ1) is 17.5. The minimum Gasteiger partial charge on any atom is -0.469 e. The summed E-state index contributed by atoms with van der Waals surface area (Å²) in [4.78, 5) is 24.8. The Kier molecular flexibility index (Phi) is 5.12. The second-order valence-corrected chi connectivity index (χ2v) is 6.93. The van der Waals surface area contributed by atoms with Crippen molar-refractivity contribution in [2.45, 2.75) is 57.9 Å². The van der Waals surface area contributed by atoms with Gasteiger partial charge in [0.2, 0.25) is 0 Å². The molecule has 1 aromatic rings. The van der Waals surface area contributed by atoms with E-state index in [2.05, 4.69) is 10.4 Å². The van der Waals surface area contributed by atoms with Crippen molar-refractivity contribution in [1.82, 2.24) is 15.1 Å². The first-order valence-electron chi connectivity index (χ1n) is 8.22. The molecule has 1 N–H and O–H groups in total. The molecule has 0 bridgehead atoms. The van der Waals surface area contributed by atoms with Crippen LogP contribution in [0.5, 0.6) is 0 Å². The van der Waals surface area contributed by atoms with Crippen LogP contribution in [0.4, 0.5) is 0 Å². The van der Waals surface area contributed by atoms with E-state index in [9.17, 15) is 9.59 Å². The largest absolute Gasteiger partial charge is 0.469 e. The summed E-state index contributed by atoms with van der Waals surface area (Å²) in [5.41, 5.74) is 0.824. The Morgan fingerprint density at radius 2 is 2.13 bits per heavy atom. The van der Waals surface area contributed by atoms with Gasteiger partial charge >= 0.3 is 5.97 Å². The van der Waals surface area contributed by atoms with Crippen LogP contribution in [0.2, 0.25) is 0 Å². The number of nitrogens with one attached hydrogen (secondary N) is 1. The van der Waals surface area contributed by atoms with Crippen LogP contribution < -0.4 is 5.32 Å². The van der Waals surface area contributed by atoms with E-state index in [0.29, 0.717) is 5.69 Å². The van der Waals surface area contributed by atoms with Crippen molar-refractivity contribution in [3.63, 3.8) is 0 Å². The second kappa shape index (κ2) is 6.72. The number of ether oxygens (including phenoxy) is 1. The zero-order valence-corrected chi connectivity index (χ0v) is 14.7. The van der Waals surface area contributed by atoms with E-state index in [4.69, 9.17) is 4.74 Å². The Morgan fingerprint density at radius 3 is 2.70 bits per heavy atom. The summed E-state index contributed by atoms with van der Waals surface area (Å²) in [7, 11) is 3.16. The summed E-state index contributed by atoms with van der Waals surface area (Å²) in [6.45, 7) is 6.02. The number of carbonyl (C=O) groups excluding carboxylic acids is 2. The average Bonchev–Trinajstić information content (AvgIpc) is 2.89. The number of aromatic nitrogens is 2. The molecular weight excluding hydrogens is 294 g/mol. The SMILES string of the molecule is COC(=O)[C@@H]1CCCC[C@@]1(C)NC(=O)c1cc(C(C)C)nn1C. The van der Waals surface area contributed by atoms with Crippen molar-refractivity contribution in [3.05, 3.63) is 17.5 Å². The predicted octanol–water partition coefficient (Wildman–Crippen LogP) is 2.40. The summed E-state index contributed by atoms with van der Waals surface area (Å²) in [6.07, 6.45) is 3.49. The van der Waals surface area contributed by atoms with Crippen LogP contribution >= 0.6 is 0 Å². The quantitative estimate of drug-likeness (QED) is 0.864. The molecule has 1 amide bonds. The van der Waals surface area contributed by atoms with Gasteiger partial charge in [0.05, 0.1) is 24.3 Å². The summed E-state index contributed by atoms with van der Waals surface area (Å²) in [6, 6.07) is 1.82. The number of nitrogens with zero attached hydrogens (tertiary/aromatic N) is 2. The Labute approximate surface area is 137 Å². The maximum Gasteiger partial charge on any atom is 0.311 e. The van der Waals surface area contributed by atoms with Gasteiger partial charge in [0.1, 0.15) is 5.69 Å². The number of hydrogen-bond donors (Lipinski definition) is 1. The van der Waals surface area contributed by atoms with Crippen LogP contribution in [0, 0.1) is 5.92 Å². The smallest absolute Gasteiger partial charge is 0.311 e. The number of aryl methyl sites for hydroxylation is 1. The second-order valence-electron chi connectivity index (χ2n) is 6.93. The van der Waals surface area contributed by atoms with E-state index in [1.165, 1.54) is 7.11 Å². The number of amides is 1. The monoisotopic (exact) mass is 321 g/mol. The molecule has 1 aliphatic carbocycles. The first-order valence-corrected chi connectivity index (χ1v) is 8.22. The van der Waals surface area contributed by atoms with Crippen LogP contribution in [0.3, 0.4) is 0 Å². The molecule has 1 fully saturated rings. The maximum atomic E-state index is 12.7. The lowest BCUT2D eigenvalue weighted by Gasteiger charge is -2.40. The minimum atomic E-state index is -0.579. The van der Waals surface area contributed by atoms with Crippen LogP contribution in [-0.2, 0) is 16.6 Å². The number of rotatable bonds is 4. The van der Waals surface area contributed by atoms with Crippen LogP contribution in [-0.4, -0.2) is 34.3 Å². The number of hydrogen-bond acceptors (Lipinski definition) is 4. The number of carbonyl (C=O) groups is 2. The Morgan fingerprint density at radius 1 is 1.43 bits per heavy atom. The zero-order chi connectivity index (χ0) is 17.2. The molecule has 1 saturated carbocycles. The molecule has 2 rings (SSSR count). The molecule has 1 heterocycles. The third-order valence-corrected chi connectivity index (χ3v) is 4.82.